The molecule has 0 heterocycles. The summed E-state index contributed by atoms with van der Waals surface area (Å²) in [5.41, 5.74) is 0. The highest BCUT2D eigenvalue weighted by Gasteiger charge is 2.04. The van der Waals surface area contributed by atoms with Crippen LogP contribution in [0.4, 0.5) is 0 Å². The molecule has 4 heteroatoms. The lowest BCUT2D eigenvalue weighted by Gasteiger charge is -2.18. The first-order chi connectivity index (χ1) is 17.7. The Labute approximate surface area is 244 Å². The van der Waals surface area contributed by atoms with Gasteiger partial charge in [0.15, 0.2) is 0 Å². The Morgan fingerprint density at radius 1 is 0.553 bits per heavy atom. The fourth-order valence-electron chi connectivity index (χ4n) is 2.25. The van der Waals surface area contributed by atoms with Crippen molar-refractivity contribution >= 4 is 0 Å². The van der Waals surface area contributed by atoms with E-state index >= 15 is 0 Å². The summed E-state index contributed by atoms with van der Waals surface area (Å²) in [5, 5.41) is 0. The summed E-state index contributed by atoms with van der Waals surface area (Å²) in [6, 6.07) is 0. The van der Waals surface area contributed by atoms with Gasteiger partial charge in [-0.2, -0.15) is 0 Å². The summed E-state index contributed by atoms with van der Waals surface area (Å²) in [6.45, 7) is 40.3. The van der Waals surface area contributed by atoms with Crippen molar-refractivity contribution in [1.29, 1.82) is 0 Å². The molecule has 0 bridgehead atoms. The second-order valence-corrected chi connectivity index (χ2v) is 12.2. The molecule has 0 aromatic heterocycles. The minimum atomic E-state index is 0.694. The summed E-state index contributed by atoms with van der Waals surface area (Å²) < 4.78 is 15.0. The van der Waals surface area contributed by atoms with Gasteiger partial charge in [0.05, 0.1) is 0 Å². The molecule has 0 saturated heterocycles. The van der Waals surface area contributed by atoms with E-state index < -0.39 is 0 Å². The molecule has 1 unspecified atom stereocenters. The summed E-state index contributed by atoms with van der Waals surface area (Å²) >= 11 is 0. The zero-order chi connectivity index (χ0) is 30.9. The van der Waals surface area contributed by atoms with Gasteiger partial charge in [0.2, 0.25) is 0 Å². The Morgan fingerprint density at radius 3 is 1.18 bits per heavy atom. The minimum absolute atomic E-state index is 0.694. The molecule has 0 saturated carbocycles. The van der Waals surface area contributed by atoms with Crippen LogP contribution in [-0.4, -0.2) is 65.2 Å². The number of hydrogen-bond donors (Lipinski definition) is 0. The SMILES string of the molecule is CCC(C)C.CCN(CC)CCC(C)C.CCOCCC(C)C.COCC(C)C(C)C.COCCC(C)C. The topological polar surface area (TPSA) is 30.9 Å². The molecular weight excluding hydrogens is 470 g/mol. The van der Waals surface area contributed by atoms with Crippen LogP contribution in [0.1, 0.15) is 130 Å². The Hall–Kier alpha value is -0.160. The number of rotatable bonds is 16. The van der Waals surface area contributed by atoms with Crippen LogP contribution in [0.15, 0.2) is 0 Å². The highest BCUT2D eigenvalue weighted by Crippen LogP contribution is 2.08. The third kappa shape index (κ3) is 60.4. The minimum Gasteiger partial charge on any atom is -0.385 e. The Balaban J connectivity index is -0.000000121. The van der Waals surface area contributed by atoms with Crippen LogP contribution >= 0.6 is 0 Å². The fraction of sp³-hybridized carbons (Fsp3) is 1.00. The molecule has 0 amide bonds. The van der Waals surface area contributed by atoms with Crippen molar-refractivity contribution < 1.29 is 14.2 Å². The van der Waals surface area contributed by atoms with Crippen LogP contribution in [0.3, 0.4) is 0 Å². The first-order valence-electron chi connectivity index (χ1n) is 16.0. The summed E-state index contributed by atoms with van der Waals surface area (Å²) in [5.74, 6) is 4.73. The summed E-state index contributed by atoms with van der Waals surface area (Å²) in [6.07, 6.45) is 5.01. The molecule has 0 rings (SSSR count). The molecule has 0 radical (unpaired) electrons. The Bertz CT molecular complexity index is 367. The summed E-state index contributed by atoms with van der Waals surface area (Å²) in [4.78, 5) is 2.47. The first-order valence-corrected chi connectivity index (χ1v) is 16.0. The normalized spacial score (nSPS) is 11.4. The van der Waals surface area contributed by atoms with E-state index in [1.165, 1.54) is 45.3 Å². The maximum absolute atomic E-state index is 5.14. The average Bonchev–Trinajstić information content (AvgIpc) is 2.84. The van der Waals surface area contributed by atoms with E-state index in [0.29, 0.717) is 5.92 Å². The third-order valence-corrected chi connectivity index (χ3v) is 6.24. The van der Waals surface area contributed by atoms with Crippen molar-refractivity contribution in [2.75, 3.05) is 60.3 Å². The number of ether oxygens (including phenoxy) is 3. The molecular formula is C34H79NO3. The first kappa shape index (κ1) is 47.6. The molecule has 0 aromatic carbocycles. The van der Waals surface area contributed by atoms with Crippen LogP contribution in [0.25, 0.3) is 0 Å². The molecule has 0 aliphatic carbocycles. The molecule has 4 nitrogen and oxygen atoms in total. The molecule has 238 valence electrons. The highest BCUT2D eigenvalue weighted by atomic mass is 16.5. The standard InChI is InChI=1S/C9H21N.2C7H16O.C6H14O.C5H12/c1-5-10(6-2)8-7-9(3)4;1-6(2)7(3)5-8-4;1-4-8-6-5-7(2)3;1-6(2)4-5-7-3;1-4-5(2)3/h9H,5-8H2,1-4H3;6-7H,5H2,1-4H3;7H,4-6H2,1-3H3;6H,4-5H2,1-3H3;5H,4H2,1-3H3. The van der Waals surface area contributed by atoms with Gasteiger partial charge in [-0.15, -0.1) is 0 Å². The van der Waals surface area contributed by atoms with Crippen molar-refractivity contribution in [3.63, 3.8) is 0 Å². The fourth-order valence-corrected chi connectivity index (χ4v) is 2.25. The molecule has 0 aliphatic rings. The molecule has 0 aliphatic heterocycles. The van der Waals surface area contributed by atoms with Gasteiger partial charge in [-0.3, -0.25) is 0 Å². The molecule has 0 spiro atoms. The molecule has 1 atom stereocenters. The second kappa shape index (κ2) is 39.0. The van der Waals surface area contributed by atoms with Crippen molar-refractivity contribution in [2.24, 2.45) is 35.5 Å². The van der Waals surface area contributed by atoms with Gasteiger partial charge in [0.1, 0.15) is 0 Å². The number of hydrogen-bond acceptors (Lipinski definition) is 4. The molecule has 0 fully saturated rings. The lowest BCUT2D eigenvalue weighted by molar-refractivity contribution is 0.136. The smallest absolute Gasteiger partial charge is 0.0490 e. The van der Waals surface area contributed by atoms with E-state index in [0.717, 1.165) is 56.0 Å². The monoisotopic (exact) mass is 550 g/mol. The molecule has 38 heavy (non-hydrogen) atoms. The van der Waals surface area contributed by atoms with E-state index in [4.69, 9.17) is 14.2 Å². The maximum Gasteiger partial charge on any atom is 0.0490 e. The van der Waals surface area contributed by atoms with Crippen LogP contribution < -0.4 is 0 Å². The zero-order valence-corrected chi connectivity index (χ0v) is 29.9. The summed E-state index contributed by atoms with van der Waals surface area (Å²) in [7, 11) is 3.49. The lowest BCUT2D eigenvalue weighted by Crippen LogP contribution is -2.24. The largest absolute Gasteiger partial charge is 0.385 e. The van der Waals surface area contributed by atoms with Gasteiger partial charge in [-0.1, -0.05) is 103 Å². The van der Waals surface area contributed by atoms with Gasteiger partial charge in [-0.05, 0) is 81.3 Å². The van der Waals surface area contributed by atoms with Gasteiger partial charge in [0, 0.05) is 40.6 Å². The number of methoxy groups -OCH3 is 2. The quantitative estimate of drug-likeness (QED) is 0.179. The van der Waals surface area contributed by atoms with Crippen LogP contribution in [-0.2, 0) is 14.2 Å². The van der Waals surface area contributed by atoms with Gasteiger partial charge in [0.25, 0.3) is 0 Å². The van der Waals surface area contributed by atoms with E-state index in [2.05, 4.69) is 102 Å². The predicted octanol–water partition coefficient (Wildman–Crippen LogP) is 10.1. The second-order valence-electron chi connectivity index (χ2n) is 12.2. The molecule has 0 aromatic rings. The van der Waals surface area contributed by atoms with Crippen LogP contribution in [0.5, 0.6) is 0 Å². The van der Waals surface area contributed by atoms with E-state index in [1.54, 1.807) is 14.2 Å². The van der Waals surface area contributed by atoms with Gasteiger partial charge in [-0.25, -0.2) is 0 Å². The maximum atomic E-state index is 5.14. The van der Waals surface area contributed by atoms with Crippen molar-refractivity contribution in [3.05, 3.63) is 0 Å². The zero-order valence-electron chi connectivity index (χ0n) is 29.9. The van der Waals surface area contributed by atoms with Crippen molar-refractivity contribution in [2.45, 2.75) is 130 Å². The van der Waals surface area contributed by atoms with Crippen LogP contribution in [0.2, 0.25) is 0 Å². The van der Waals surface area contributed by atoms with Gasteiger partial charge >= 0.3 is 0 Å². The van der Waals surface area contributed by atoms with Crippen molar-refractivity contribution in [3.8, 4) is 0 Å². The van der Waals surface area contributed by atoms with Gasteiger partial charge < -0.3 is 19.1 Å². The van der Waals surface area contributed by atoms with E-state index in [9.17, 15) is 0 Å². The lowest BCUT2D eigenvalue weighted by atomic mass is 10.00. The number of nitrogens with zero attached hydrogens (tertiary/aromatic N) is 1. The van der Waals surface area contributed by atoms with E-state index in [-0.39, 0.29) is 0 Å². The third-order valence-electron chi connectivity index (χ3n) is 6.24. The van der Waals surface area contributed by atoms with E-state index in [1.807, 2.05) is 6.92 Å². The highest BCUT2D eigenvalue weighted by molar-refractivity contribution is 4.54. The predicted molar refractivity (Wildman–Crippen MR) is 176 cm³/mol. The average molecular weight is 550 g/mol. The Morgan fingerprint density at radius 2 is 0.974 bits per heavy atom. The van der Waals surface area contributed by atoms with Crippen molar-refractivity contribution in [1.82, 2.24) is 4.90 Å². The Kier molecular flexibility index (Phi) is 48.9. The molecule has 0 N–H and O–H groups in total. The van der Waals surface area contributed by atoms with Crippen LogP contribution in [0, 0.1) is 35.5 Å².